The third-order valence-corrected chi connectivity index (χ3v) is 3.14. The molecule has 1 aromatic rings. The molecule has 0 unspecified atom stereocenters. The molecule has 1 aliphatic carbocycles. The van der Waals surface area contributed by atoms with Crippen molar-refractivity contribution in [3.05, 3.63) is 11.1 Å². The quantitative estimate of drug-likeness (QED) is 0.773. The van der Waals surface area contributed by atoms with Gasteiger partial charge in [0.25, 0.3) is 5.91 Å². The fraction of sp³-hybridized carbons (Fsp3) is 0.556. The molecule has 0 saturated heterocycles. The lowest BCUT2D eigenvalue weighted by atomic mass is 9.82. The van der Waals surface area contributed by atoms with E-state index in [1.165, 1.54) is 11.3 Å². The van der Waals surface area contributed by atoms with Crippen LogP contribution in [0, 0.1) is 5.92 Å². The first kappa shape index (κ1) is 9.45. The molecule has 1 fully saturated rings. The molecule has 1 aliphatic rings. The van der Waals surface area contributed by atoms with Crippen LogP contribution < -0.4 is 11.1 Å². The highest BCUT2D eigenvalue weighted by molar-refractivity contribution is 7.13. The minimum atomic E-state index is -0.102. The molecule has 1 aromatic heterocycles. The largest absolute Gasteiger partial charge is 0.375 e. The summed E-state index contributed by atoms with van der Waals surface area (Å²) in [5.74, 6) is 0.635. The molecule has 0 aliphatic heterocycles. The molecule has 0 radical (unpaired) electrons. The van der Waals surface area contributed by atoms with E-state index in [4.69, 9.17) is 5.73 Å². The maximum atomic E-state index is 11.5. The lowest BCUT2D eigenvalue weighted by molar-refractivity contribution is 0.0892. The third-order valence-electron chi connectivity index (χ3n) is 2.46. The van der Waals surface area contributed by atoms with Gasteiger partial charge in [-0.05, 0) is 18.8 Å². The summed E-state index contributed by atoms with van der Waals surface area (Å²) < 4.78 is 0. The van der Waals surface area contributed by atoms with Gasteiger partial charge in [0.2, 0.25) is 0 Å². The summed E-state index contributed by atoms with van der Waals surface area (Å²) in [4.78, 5) is 15.5. The van der Waals surface area contributed by atoms with Crippen LogP contribution in [0.2, 0.25) is 0 Å². The lowest BCUT2D eigenvalue weighted by Crippen LogP contribution is -2.43. The van der Waals surface area contributed by atoms with Crippen LogP contribution in [0.25, 0.3) is 0 Å². The molecule has 1 amide bonds. The number of nitrogens with two attached hydrogens (primary N) is 1. The van der Waals surface area contributed by atoms with Gasteiger partial charge >= 0.3 is 0 Å². The first-order valence-corrected chi connectivity index (χ1v) is 5.55. The highest BCUT2D eigenvalue weighted by atomic mass is 32.1. The number of aromatic nitrogens is 1. The highest BCUT2D eigenvalue weighted by Gasteiger charge is 2.27. The van der Waals surface area contributed by atoms with Gasteiger partial charge in [0, 0.05) is 11.4 Å². The van der Waals surface area contributed by atoms with E-state index >= 15 is 0 Å². The van der Waals surface area contributed by atoms with Crippen molar-refractivity contribution in [2.45, 2.75) is 25.8 Å². The van der Waals surface area contributed by atoms with Crippen LogP contribution >= 0.6 is 11.3 Å². The summed E-state index contributed by atoms with van der Waals surface area (Å²) in [5.41, 5.74) is 5.88. The second-order valence-electron chi connectivity index (χ2n) is 3.82. The number of nitrogens with one attached hydrogen (secondary N) is 1. The average Bonchev–Trinajstić information content (AvgIpc) is 2.49. The van der Waals surface area contributed by atoms with Gasteiger partial charge in [-0.2, -0.15) is 0 Å². The number of carbonyl (C=O) groups is 1. The van der Waals surface area contributed by atoms with Crippen LogP contribution in [0.1, 0.15) is 30.3 Å². The zero-order valence-electron chi connectivity index (χ0n) is 7.99. The van der Waals surface area contributed by atoms with Gasteiger partial charge in [-0.3, -0.25) is 4.79 Å². The molecular weight excluding hydrogens is 198 g/mol. The van der Waals surface area contributed by atoms with Crippen LogP contribution in [-0.2, 0) is 0 Å². The van der Waals surface area contributed by atoms with Crippen molar-refractivity contribution in [1.82, 2.24) is 10.3 Å². The summed E-state index contributed by atoms with van der Waals surface area (Å²) >= 11 is 1.29. The van der Waals surface area contributed by atoms with E-state index in [0.29, 0.717) is 16.9 Å². The normalized spacial score (nSPS) is 25.5. The van der Waals surface area contributed by atoms with Gasteiger partial charge in [-0.1, -0.05) is 6.92 Å². The summed E-state index contributed by atoms with van der Waals surface area (Å²) in [6.45, 7) is 2.18. The highest BCUT2D eigenvalue weighted by Crippen LogP contribution is 2.26. The molecule has 0 spiro atoms. The van der Waals surface area contributed by atoms with E-state index in [-0.39, 0.29) is 5.91 Å². The van der Waals surface area contributed by atoms with E-state index in [0.717, 1.165) is 18.8 Å². The fourth-order valence-electron chi connectivity index (χ4n) is 1.67. The Morgan fingerprint density at radius 3 is 2.93 bits per heavy atom. The van der Waals surface area contributed by atoms with E-state index in [1.54, 1.807) is 5.38 Å². The van der Waals surface area contributed by atoms with E-state index in [2.05, 4.69) is 17.2 Å². The molecule has 3 N–H and O–H groups in total. The van der Waals surface area contributed by atoms with Gasteiger partial charge < -0.3 is 11.1 Å². The second-order valence-corrected chi connectivity index (χ2v) is 4.71. The Morgan fingerprint density at radius 2 is 2.43 bits per heavy atom. The standard InChI is InChI=1S/C9H13N3OS/c1-5-2-6(3-5)11-8(13)7-4-14-9(10)12-7/h4-6H,2-3H2,1H3,(H2,10,12)(H,11,13). The number of amides is 1. The minimum Gasteiger partial charge on any atom is -0.375 e. The van der Waals surface area contributed by atoms with Gasteiger partial charge in [-0.15, -0.1) is 11.3 Å². The molecule has 76 valence electrons. The minimum absolute atomic E-state index is 0.102. The summed E-state index contributed by atoms with van der Waals surface area (Å²) in [7, 11) is 0. The van der Waals surface area contributed by atoms with Crippen molar-refractivity contribution in [2.24, 2.45) is 5.92 Å². The van der Waals surface area contributed by atoms with Gasteiger partial charge in [-0.25, -0.2) is 4.98 Å². The monoisotopic (exact) mass is 211 g/mol. The fourth-order valence-corrected chi connectivity index (χ4v) is 2.21. The third kappa shape index (κ3) is 1.87. The zero-order chi connectivity index (χ0) is 10.1. The summed E-state index contributed by atoms with van der Waals surface area (Å²) in [6, 6.07) is 0.334. The van der Waals surface area contributed by atoms with Crippen LogP contribution in [0.5, 0.6) is 0 Å². The van der Waals surface area contributed by atoms with Gasteiger partial charge in [0.1, 0.15) is 5.69 Å². The molecule has 0 atom stereocenters. The Balaban J connectivity index is 1.90. The Kier molecular flexibility index (Phi) is 2.41. The topological polar surface area (TPSA) is 68.0 Å². The van der Waals surface area contributed by atoms with Crippen molar-refractivity contribution in [3.8, 4) is 0 Å². The molecule has 5 heteroatoms. The van der Waals surface area contributed by atoms with Crippen molar-refractivity contribution in [3.63, 3.8) is 0 Å². The van der Waals surface area contributed by atoms with Gasteiger partial charge in [0.05, 0.1) is 0 Å². The van der Waals surface area contributed by atoms with Crippen molar-refractivity contribution < 1.29 is 4.79 Å². The van der Waals surface area contributed by atoms with E-state index < -0.39 is 0 Å². The van der Waals surface area contributed by atoms with Crippen LogP contribution in [0.4, 0.5) is 5.13 Å². The Labute approximate surface area is 86.5 Å². The van der Waals surface area contributed by atoms with Gasteiger partial charge in [0.15, 0.2) is 5.13 Å². The number of nitrogens with zero attached hydrogens (tertiary/aromatic N) is 1. The zero-order valence-corrected chi connectivity index (χ0v) is 8.80. The lowest BCUT2D eigenvalue weighted by Gasteiger charge is -2.32. The van der Waals surface area contributed by atoms with Crippen molar-refractivity contribution in [1.29, 1.82) is 0 Å². The molecule has 14 heavy (non-hydrogen) atoms. The number of hydrogen-bond acceptors (Lipinski definition) is 4. The average molecular weight is 211 g/mol. The molecule has 0 aromatic carbocycles. The molecule has 1 saturated carbocycles. The Bertz CT molecular complexity index is 344. The number of nitrogen functional groups attached to an aromatic ring is 1. The Morgan fingerprint density at radius 1 is 1.71 bits per heavy atom. The number of anilines is 1. The smallest absolute Gasteiger partial charge is 0.271 e. The van der Waals surface area contributed by atoms with Crippen LogP contribution in [-0.4, -0.2) is 16.9 Å². The first-order chi connectivity index (χ1) is 6.65. The predicted molar refractivity (Wildman–Crippen MR) is 56.2 cm³/mol. The summed E-state index contributed by atoms with van der Waals surface area (Å²) in [6.07, 6.45) is 2.15. The predicted octanol–water partition coefficient (Wildman–Crippen LogP) is 1.25. The molecular formula is C9H13N3OS. The molecule has 1 heterocycles. The maximum absolute atomic E-state index is 11.5. The Hall–Kier alpha value is -1.10. The van der Waals surface area contributed by atoms with Crippen molar-refractivity contribution in [2.75, 3.05) is 5.73 Å². The summed E-state index contributed by atoms with van der Waals surface area (Å²) in [5, 5.41) is 5.06. The van der Waals surface area contributed by atoms with Crippen molar-refractivity contribution >= 4 is 22.4 Å². The first-order valence-electron chi connectivity index (χ1n) is 4.67. The van der Waals surface area contributed by atoms with Crippen LogP contribution in [0.3, 0.4) is 0 Å². The second kappa shape index (κ2) is 3.57. The number of thiazole rings is 1. The number of hydrogen-bond donors (Lipinski definition) is 2. The molecule has 4 nitrogen and oxygen atoms in total. The van der Waals surface area contributed by atoms with Crippen LogP contribution in [0.15, 0.2) is 5.38 Å². The van der Waals surface area contributed by atoms with E-state index in [1.807, 2.05) is 0 Å². The number of carbonyl (C=O) groups excluding carboxylic acids is 1. The maximum Gasteiger partial charge on any atom is 0.271 e. The number of rotatable bonds is 2. The van der Waals surface area contributed by atoms with E-state index in [9.17, 15) is 4.79 Å². The molecule has 0 bridgehead atoms. The SMILES string of the molecule is CC1CC(NC(=O)c2csc(N)n2)C1. The molecule has 2 rings (SSSR count).